The highest BCUT2D eigenvalue weighted by molar-refractivity contribution is 7.86. The highest BCUT2D eigenvalue weighted by Crippen LogP contribution is 2.38. The quantitative estimate of drug-likeness (QED) is 0.871. The average molecular weight is 335 g/mol. The number of nitrogens with zero attached hydrogens (tertiary/aromatic N) is 1. The van der Waals surface area contributed by atoms with Crippen molar-refractivity contribution in [2.24, 2.45) is 5.92 Å². The molecule has 1 heterocycles. The molecule has 1 aromatic heterocycles. The van der Waals surface area contributed by atoms with E-state index in [9.17, 15) is 17.8 Å². The van der Waals surface area contributed by atoms with Gasteiger partial charge in [-0.15, -0.1) is 0 Å². The van der Waals surface area contributed by atoms with Crippen LogP contribution in [0.4, 0.5) is 0 Å². The molecule has 1 saturated carbocycles. The van der Waals surface area contributed by atoms with Crippen molar-refractivity contribution in [1.82, 2.24) is 4.57 Å². The molecular weight excluding hydrogens is 314 g/mol. The summed E-state index contributed by atoms with van der Waals surface area (Å²) in [6.07, 6.45) is 2.84. The van der Waals surface area contributed by atoms with E-state index in [0.29, 0.717) is 35.6 Å². The molecule has 124 valence electrons. The summed E-state index contributed by atoms with van der Waals surface area (Å²) in [4.78, 5) is 11.5. The molecule has 1 N–H and O–H groups in total. The van der Waals surface area contributed by atoms with E-state index in [2.05, 4.69) is 6.92 Å². The summed E-state index contributed by atoms with van der Waals surface area (Å²) >= 11 is 0. The lowest BCUT2D eigenvalue weighted by atomic mass is 9.83. The van der Waals surface area contributed by atoms with Gasteiger partial charge in [0, 0.05) is 35.5 Å². The highest BCUT2D eigenvalue weighted by Gasteiger charge is 2.30. The van der Waals surface area contributed by atoms with Gasteiger partial charge in [-0.3, -0.25) is 9.35 Å². The van der Waals surface area contributed by atoms with Gasteiger partial charge in [0.25, 0.3) is 10.1 Å². The van der Waals surface area contributed by atoms with Crippen LogP contribution in [-0.2, 0) is 14.9 Å². The Kier molecular flexibility index (Phi) is 4.06. The molecule has 5 nitrogen and oxygen atoms in total. The zero-order valence-electron chi connectivity index (χ0n) is 13.3. The van der Waals surface area contributed by atoms with Crippen LogP contribution in [0.15, 0.2) is 29.2 Å². The Morgan fingerprint density at radius 2 is 1.83 bits per heavy atom. The normalized spacial score (nSPS) is 18.5. The van der Waals surface area contributed by atoms with E-state index < -0.39 is 10.1 Å². The minimum absolute atomic E-state index is 0.00756. The Morgan fingerprint density at radius 1 is 1.22 bits per heavy atom. The summed E-state index contributed by atoms with van der Waals surface area (Å²) in [5.74, 6) is 0.637. The van der Waals surface area contributed by atoms with E-state index in [1.807, 2.05) is 16.7 Å². The molecule has 0 unspecified atom stereocenters. The largest absolute Gasteiger partial charge is 0.340 e. The molecule has 0 bridgehead atoms. The van der Waals surface area contributed by atoms with Crippen LogP contribution < -0.4 is 0 Å². The zero-order chi connectivity index (χ0) is 16.8. The second kappa shape index (κ2) is 5.76. The summed E-state index contributed by atoms with van der Waals surface area (Å²) in [5.41, 5.74) is 1.36. The van der Waals surface area contributed by atoms with Gasteiger partial charge in [-0.05, 0) is 38.7 Å². The smallest absolute Gasteiger partial charge is 0.296 e. The van der Waals surface area contributed by atoms with Crippen LogP contribution in [0.25, 0.3) is 10.9 Å². The fourth-order valence-corrected chi connectivity index (χ4v) is 4.79. The molecule has 6 heteroatoms. The van der Waals surface area contributed by atoms with Gasteiger partial charge < -0.3 is 4.57 Å². The fraction of sp³-hybridized carbons (Fsp3) is 0.471. The van der Waals surface area contributed by atoms with E-state index >= 15 is 0 Å². The van der Waals surface area contributed by atoms with Gasteiger partial charge in [0.1, 0.15) is 10.7 Å². The molecule has 1 atom stereocenters. The standard InChI is InChI=1S/C17H21NO4S/c1-11(13-7-9-14(19)10-8-13)18-12(2)17(23(20,21)22)15-5-3-4-6-16(15)18/h3-6,11,13H,7-10H2,1-2H3,(H,20,21,22)/t11-/m1/s1. The van der Waals surface area contributed by atoms with Crippen LogP contribution in [0.2, 0.25) is 0 Å². The van der Waals surface area contributed by atoms with Crippen LogP contribution in [0.3, 0.4) is 0 Å². The molecule has 1 aliphatic rings. The van der Waals surface area contributed by atoms with Crippen LogP contribution in [0, 0.1) is 12.8 Å². The minimum Gasteiger partial charge on any atom is -0.340 e. The maximum Gasteiger partial charge on any atom is 0.296 e. The number of carbonyl (C=O) groups excluding carboxylic acids is 1. The van der Waals surface area contributed by atoms with Crippen LogP contribution in [0.1, 0.15) is 44.3 Å². The van der Waals surface area contributed by atoms with E-state index in [1.54, 1.807) is 19.1 Å². The number of carbonyl (C=O) groups is 1. The molecular formula is C17H21NO4S. The van der Waals surface area contributed by atoms with Crippen molar-refractivity contribution in [2.45, 2.75) is 50.5 Å². The number of benzene rings is 1. The third-order valence-corrected chi connectivity index (χ3v) is 6.06. The maximum atomic E-state index is 11.8. The highest BCUT2D eigenvalue weighted by atomic mass is 32.2. The third kappa shape index (κ3) is 2.81. The van der Waals surface area contributed by atoms with Gasteiger partial charge in [-0.2, -0.15) is 8.42 Å². The zero-order valence-corrected chi connectivity index (χ0v) is 14.1. The molecule has 0 spiro atoms. The number of fused-ring (bicyclic) bond motifs is 1. The number of aromatic nitrogens is 1. The van der Waals surface area contributed by atoms with Crippen molar-refractivity contribution in [1.29, 1.82) is 0 Å². The molecule has 23 heavy (non-hydrogen) atoms. The van der Waals surface area contributed by atoms with Crippen molar-refractivity contribution >= 4 is 26.8 Å². The van der Waals surface area contributed by atoms with E-state index in [1.165, 1.54) is 0 Å². The van der Waals surface area contributed by atoms with E-state index in [-0.39, 0.29) is 10.9 Å². The number of hydrogen-bond acceptors (Lipinski definition) is 3. The Hall–Kier alpha value is -1.66. The van der Waals surface area contributed by atoms with Crippen molar-refractivity contribution < 1.29 is 17.8 Å². The lowest BCUT2D eigenvalue weighted by molar-refractivity contribution is -0.121. The molecule has 0 aliphatic heterocycles. The second-order valence-corrected chi connectivity index (χ2v) is 7.75. The van der Waals surface area contributed by atoms with Gasteiger partial charge in [0.05, 0.1) is 0 Å². The molecule has 1 aliphatic carbocycles. The lowest BCUT2D eigenvalue weighted by Crippen LogP contribution is -2.23. The molecule has 1 aromatic carbocycles. The maximum absolute atomic E-state index is 11.8. The summed E-state index contributed by atoms with van der Waals surface area (Å²) in [6.45, 7) is 3.79. The molecule has 3 rings (SSSR count). The first-order valence-electron chi connectivity index (χ1n) is 7.89. The van der Waals surface area contributed by atoms with Crippen molar-refractivity contribution in [3.63, 3.8) is 0 Å². The fourth-order valence-electron chi connectivity index (χ4n) is 3.87. The van der Waals surface area contributed by atoms with Crippen molar-refractivity contribution in [3.8, 4) is 0 Å². The third-order valence-electron chi connectivity index (χ3n) is 5.03. The summed E-state index contributed by atoms with van der Waals surface area (Å²) < 4.78 is 35.3. The topological polar surface area (TPSA) is 76.4 Å². The predicted octanol–water partition coefficient (Wildman–Crippen LogP) is 3.52. The van der Waals surface area contributed by atoms with Crippen LogP contribution in [0.5, 0.6) is 0 Å². The Morgan fingerprint density at radius 3 is 2.43 bits per heavy atom. The Balaban J connectivity index is 2.14. The first-order valence-corrected chi connectivity index (χ1v) is 9.33. The first kappa shape index (κ1) is 16.2. The van der Waals surface area contributed by atoms with Gasteiger partial charge in [0.15, 0.2) is 0 Å². The molecule has 1 fully saturated rings. The SMILES string of the molecule is Cc1c(S(=O)(=O)O)c2ccccc2n1[C@H](C)C1CCC(=O)CC1. The predicted molar refractivity (Wildman–Crippen MR) is 88.2 cm³/mol. The first-order chi connectivity index (χ1) is 10.8. The van der Waals surface area contributed by atoms with Gasteiger partial charge in [-0.25, -0.2) is 0 Å². The van der Waals surface area contributed by atoms with Crippen LogP contribution >= 0.6 is 0 Å². The molecule has 2 aromatic rings. The van der Waals surface area contributed by atoms with Crippen LogP contribution in [-0.4, -0.2) is 23.3 Å². The van der Waals surface area contributed by atoms with Crippen molar-refractivity contribution in [3.05, 3.63) is 30.0 Å². The van der Waals surface area contributed by atoms with Gasteiger partial charge in [0.2, 0.25) is 0 Å². The number of para-hydroxylation sites is 1. The molecule has 0 radical (unpaired) electrons. The number of Topliss-reactive ketones (excluding diaryl/α,β-unsaturated/α-hetero) is 1. The summed E-state index contributed by atoms with van der Waals surface area (Å²) in [5, 5.41) is 0.547. The number of hydrogen-bond donors (Lipinski definition) is 1. The Bertz CT molecular complexity index is 856. The van der Waals surface area contributed by atoms with E-state index in [0.717, 1.165) is 18.4 Å². The second-order valence-electron chi connectivity index (χ2n) is 6.39. The lowest BCUT2D eigenvalue weighted by Gasteiger charge is -2.30. The molecule has 0 saturated heterocycles. The summed E-state index contributed by atoms with van der Waals surface area (Å²) in [6, 6.07) is 7.30. The molecule has 0 amide bonds. The van der Waals surface area contributed by atoms with E-state index in [4.69, 9.17) is 0 Å². The van der Waals surface area contributed by atoms with Crippen molar-refractivity contribution in [2.75, 3.05) is 0 Å². The van der Waals surface area contributed by atoms with Gasteiger partial charge >= 0.3 is 0 Å². The van der Waals surface area contributed by atoms with Gasteiger partial charge in [-0.1, -0.05) is 18.2 Å². The number of rotatable bonds is 3. The number of ketones is 1. The Labute approximate surface area is 136 Å². The summed E-state index contributed by atoms with van der Waals surface area (Å²) in [7, 11) is -4.29. The average Bonchev–Trinajstić information content (AvgIpc) is 2.79. The monoisotopic (exact) mass is 335 g/mol. The minimum atomic E-state index is -4.29.